The highest BCUT2D eigenvalue weighted by Crippen LogP contribution is 2.23. The number of aromatic nitrogens is 4. The Morgan fingerprint density at radius 3 is 2.58 bits per heavy atom. The molecule has 0 aliphatic carbocycles. The van der Waals surface area contributed by atoms with Crippen LogP contribution in [0.5, 0.6) is 0 Å². The first-order valence-corrected chi connectivity index (χ1v) is 8.05. The summed E-state index contributed by atoms with van der Waals surface area (Å²) in [6.45, 7) is 12.8. The average molecular weight is 346 g/mol. The third-order valence-electron chi connectivity index (χ3n) is 3.45. The van der Waals surface area contributed by atoms with Crippen LogP contribution in [-0.2, 0) is 0 Å². The van der Waals surface area contributed by atoms with Crippen molar-refractivity contribution in [3.8, 4) is 17.1 Å². The van der Waals surface area contributed by atoms with Gasteiger partial charge in [-0.1, -0.05) is 12.6 Å². The number of pyridine rings is 2. The molecule has 3 rings (SSSR count). The molecule has 0 radical (unpaired) electrons. The zero-order chi connectivity index (χ0) is 18.7. The van der Waals surface area contributed by atoms with Crippen LogP contribution in [0.15, 0.2) is 48.8 Å². The molecule has 3 aromatic rings. The van der Waals surface area contributed by atoms with Gasteiger partial charge in [-0.05, 0) is 51.1 Å². The van der Waals surface area contributed by atoms with Crippen molar-refractivity contribution in [1.29, 1.82) is 0 Å². The molecule has 130 valence electrons. The molecular weight excluding hydrogens is 328 g/mol. The van der Waals surface area contributed by atoms with Crippen LogP contribution in [0.1, 0.15) is 31.3 Å². The zero-order valence-electron chi connectivity index (χ0n) is 14.8. The predicted molar refractivity (Wildman–Crippen MR) is 98.1 cm³/mol. The molecule has 26 heavy (non-hydrogen) atoms. The zero-order valence-corrected chi connectivity index (χ0v) is 14.8. The molecule has 0 spiro atoms. The van der Waals surface area contributed by atoms with Crippen molar-refractivity contribution in [3.63, 3.8) is 0 Å². The summed E-state index contributed by atoms with van der Waals surface area (Å²) < 4.78 is 1.61. The van der Waals surface area contributed by atoms with Gasteiger partial charge in [-0.25, -0.2) is 4.68 Å². The molecule has 7 nitrogen and oxygen atoms in total. The number of carbonyl (C=O) groups excluding carboxylic acids is 1. The molecule has 0 saturated carbocycles. The fourth-order valence-corrected chi connectivity index (χ4v) is 2.36. The standard InChI is InChI=1S/C19H18N6O/c1-19(2,3)23-18(26)15-11-16(14-7-5-6-10-21-14)25(24-15)13-8-9-17(20-4)22-12-13/h5-12H,1-3H3,(H,23,26). The largest absolute Gasteiger partial charge is 0.361 e. The van der Waals surface area contributed by atoms with E-state index < -0.39 is 0 Å². The van der Waals surface area contributed by atoms with Gasteiger partial charge in [0.2, 0.25) is 0 Å². The van der Waals surface area contributed by atoms with E-state index in [2.05, 4.69) is 25.2 Å². The van der Waals surface area contributed by atoms with Gasteiger partial charge in [-0.15, -0.1) is 4.98 Å². The minimum Gasteiger partial charge on any atom is -0.361 e. The van der Waals surface area contributed by atoms with E-state index in [-0.39, 0.29) is 17.1 Å². The van der Waals surface area contributed by atoms with E-state index in [1.54, 1.807) is 35.3 Å². The normalized spacial score (nSPS) is 11.0. The maximum Gasteiger partial charge on any atom is 0.272 e. The topological polar surface area (TPSA) is 77.1 Å². The van der Waals surface area contributed by atoms with Crippen LogP contribution >= 0.6 is 0 Å². The van der Waals surface area contributed by atoms with Gasteiger partial charge in [0, 0.05) is 11.7 Å². The molecular formula is C19H18N6O. The van der Waals surface area contributed by atoms with E-state index in [9.17, 15) is 4.79 Å². The van der Waals surface area contributed by atoms with E-state index in [0.717, 1.165) is 0 Å². The van der Waals surface area contributed by atoms with Crippen LogP contribution in [0.3, 0.4) is 0 Å². The maximum atomic E-state index is 12.5. The smallest absolute Gasteiger partial charge is 0.272 e. The monoisotopic (exact) mass is 346 g/mol. The third-order valence-corrected chi connectivity index (χ3v) is 3.45. The maximum absolute atomic E-state index is 12.5. The Bertz CT molecular complexity index is 962. The summed E-state index contributed by atoms with van der Waals surface area (Å²) >= 11 is 0. The number of amides is 1. The highest BCUT2D eigenvalue weighted by atomic mass is 16.2. The average Bonchev–Trinajstić information content (AvgIpc) is 3.07. The molecule has 1 N–H and O–H groups in total. The van der Waals surface area contributed by atoms with E-state index in [4.69, 9.17) is 6.57 Å². The van der Waals surface area contributed by atoms with Gasteiger partial charge in [0.05, 0.1) is 11.4 Å². The van der Waals surface area contributed by atoms with Gasteiger partial charge >= 0.3 is 0 Å². The highest BCUT2D eigenvalue weighted by Gasteiger charge is 2.21. The lowest BCUT2D eigenvalue weighted by molar-refractivity contribution is 0.0914. The van der Waals surface area contributed by atoms with E-state index in [1.165, 1.54) is 0 Å². The summed E-state index contributed by atoms with van der Waals surface area (Å²) in [5, 5.41) is 7.35. The SMILES string of the molecule is [C-]#[N+]c1ccc(-n2nc(C(=O)NC(C)(C)C)cc2-c2ccccn2)cn1. The molecule has 0 unspecified atom stereocenters. The van der Waals surface area contributed by atoms with Crippen molar-refractivity contribution >= 4 is 11.7 Å². The molecule has 7 heteroatoms. The van der Waals surface area contributed by atoms with Crippen LogP contribution in [-0.4, -0.2) is 31.2 Å². The Balaban J connectivity index is 2.09. The lowest BCUT2D eigenvalue weighted by Gasteiger charge is -2.19. The van der Waals surface area contributed by atoms with Crippen molar-refractivity contribution in [2.45, 2.75) is 26.3 Å². The molecule has 0 aliphatic rings. The Kier molecular flexibility index (Phi) is 4.50. The predicted octanol–water partition coefficient (Wildman–Crippen LogP) is 3.41. The second kappa shape index (κ2) is 6.76. The first-order valence-electron chi connectivity index (χ1n) is 8.05. The molecule has 1 amide bonds. The number of nitrogens with zero attached hydrogens (tertiary/aromatic N) is 5. The number of hydrogen-bond acceptors (Lipinski definition) is 4. The Hall–Kier alpha value is -3.53. The number of rotatable bonds is 3. The van der Waals surface area contributed by atoms with Gasteiger partial charge in [0.15, 0.2) is 5.69 Å². The van der Waals surface area contributed by atoms with Crippen molar-refractivity contribution in [2.75, 3.05) is 0 Å². The summed E-state index contributed by atoms with van der Waals surface area (Å²) in [5.41, 5.74) is 1.92. The lowest BCUT2D eigenvalue weighted by atomic mass is 10.1. The minimum atomic E-state index is -0.370. The molecule has 3 aromatic heterocycles. The molecule has 0 bridgehead atoms. The first-order chi connectivity index (χ1) is 12.4. The third kappa shape index (κ3) is 3.75. The molecule has 0 aliphatic heterocycles. The van der Waals surface area contributed by atoms with Crippen LogP contribution in [0.4, 0.5) is 5.82 Å². The van der Waals surface area contributed by atoms with Gasteiger partial charge < -0.3 is 10.2 Å². The van der Waals surface area contributed by atoms with Crippen molar-refractivity contribution in [1.82, 2.24) is 25.1 Å². The Labute approximate surface area is 151 Å². The fourth-order valence-electron chi connectivity index (χ4n) is 2.36. The minimum absolute atomic E-state index is 0.265. The molecule has 3 heterocycles. The molecule has 0 fully saturated rings. The fraction of sp³-hybridized carbons (Fsp3) is 0.211. The van der Waals surface area contributed by atoms with Crippen LogP contribution in [0.2, 0.25) is 0 Å². The molecule has 0 aromatic carbocycles. The van der Waals surface area contributed by atoms with Crippen LogP contribution in [0, 0.1) is 6.57 Å². The first kappa shape index (κ1) is 17.3. The van der Waals surface area contributed by atoms with Gasteiger partial charge in [0.1, 0.15) is 11.9 Å². The summed E-state index contributed by atoms with van der Waals surface area (Å²) in [6.07, 6.45) is 3.24. The van der Waals surface area contributed by atoms with Crippen LogP contribution in [0.25, 0.3) is 21.9 Å². The number of hydrogen-bond donors (Lipinski definition) is 1. The Morgan fingerprint density at radius 1 is 1.19 bits per heavy atom. The van der Waals surface area contributed by atoms with Crippen molar-refractivity contribution in [2.24, 2.45) is 0 Å². The Morgan fingerprint density at radius 2 is 2.00 bits per heavy atom. The van der Waals surface area contributed by atoms with E-state index in [0.29, 0.717) is 22.9 Å². The summed E-state index contributed by atoms with van der Waals surface area (Å²) in [4.78, 5) is 24.3. The summed E-state index contributed by atoms with van der Waals surface area (Å²) in [6, 6.07) is 10.6. The second-order valence-electron chi connectivity index (χ2n) is 6.73. The van der Waals surface area contributed by atoms with Gasteiger partial charge in [-0.2, -0.15) is 5.10 Å². The number of carbonyl (C=O) groups is 1. The van der Waals surface area contributed by atoms with Crippen molar-refractivity contribution in [3.05, 3.63) is 65.9 Å². The quantitative estimate of drug-likeness (QED) is 0.737. The van der Waals surface area contributed by atoms with E-state index >= 15 is 0 Å². The highest BCUT2D eigenvalue weighted by molar-refractivity contribution is 5.94. The van der Waals surface area contributed by atoms with Gasteiger partial charge in [-0.3, -0.25) is 9.78 Å². The summed E-state index contributed by atoms with van der Waals surface area (Å²) in [5.74, 6) is 0.0326. The van der Waals surface area contributed by atoms with Crippen LogP contribution < -0.4 is 5.32 Å². The van der Waals surface area contributed by atoms with Gasteiger partial charge in [0.25, 0.3) is 11.7 Å². The number of nitrogens with one attached hydrogen (secondary N) is 1. The van der Waals surface area contributed by atoms with Crippen molar-refractivity contribution < 1.29 is 4.79 Å². The molecule has 0 saturated heterocycles. The molecule has 0 atom stereocenters. The second-order valence-corrected chi connectivity index (χ2v) is 6.73. The lowest BCUT2D eigenvalue weighted by Crippen LogP contribution is -2.40. The summed E-state index contributed by atoms with van der Waals surface area (Å²) in [7, 11) is 0. The van der Waals surface area contributed by atoms with E-state index in [1.807, 2.05) is 39.0 Å².